The number of pyridine rings is 1. The average Bonchev–Trinajstić information content (AvgIpc) is 2.32. The Morgan fingerprint density at radius 3 is 2.83 bits per heavy atom. The first-order valence-corrected chi connectivity index (χ1v) is 6.37. The molecule has 0 unspecified atom stereocenters. The molecule has 0 aliphatic heterocycles. The number of amides is 1. The van der Waals surface area contributed by atoms with Crippen molar-refractivity contribution in [2.75, 3.05) is 5.32 Å². The van der Waals surface area contributed by atoms with Crippen LogP contribution in [0, 0.1) is 10.5 Å². The molecule has 0 spiro atoms. The van der Waals surface area contributed by atoms with Gasteiger partial charge in [-0.2, -0.15) is 0 Å². The Morgan fingerprint density at radius 2 is 2.11 bits per heavy atom. The topological polar surface area (TPSA) is 62.2 Å². The maximum atomic E-state index is 12.0. The molecule has 0 saturated carbocycles. The quantitative estimate of drug-likeness (QED) is 0.816. The van der Waals surface area contributed by atoms with Gasteiger partial charge in [0.15, 0.2) is 0 Å². The Morgan fingerprint density at radius 1 is 1.33 bits per heavy atom. The molecule has 1 aromatic heterocycles. The highest BCUT2D eigenvalue weighted by Gasteiger charge is 2.12. The fraction of sp³-hybridized carbons (Fsp3) is 0.0769. The minimum Gasteiger partial charge on any atom is -0.507 e. The van der Waals surface area contributed by atoms with Crippen molar-refractivity contribution in [3.63, 3.8) is 0 Å². The first-order valence-electron chi connectivity index (χ1n) is 5.30. The number of benzene rings is 1. The molecule has 18 heavy (non-hydrogen) atoms. The summed E-state index contributed by atoms with van der Waals surface area (Å²) in [4.78, 5) is 16.2. The molecule has 0 atom stereocenters. The molecular weight excluding hydrogens is 343 g/mol. The molecule has 0 saturated heterocycles. The number of phenolic OH excluding ortho intramolecular Hbond substituents is 1. The number of aromatic hydroxyl groups is 1. The van der Waals surface area contributed by atoms with Crippen molar-refractivity contribution >= 4 is 34.3 Å². The molecule has 2 N–H and O–H groups in total. The minimum atomic E-state index is -0.371. The third kappa shape index (κ3) is 2.98. The summed E-state index contributed by atoms with van der Waals surface area (Å²) in [5.74, 6) is 0.0583. The second-order valence-electron chi connectivity index (χ2n) is 3.78. The van der Waals surface area contributed by atoms with E-state index in [1.54, 1.807) is 18.2 Å². The van der Waals surface area contributed by atoms with Crippen LogP contribution in [0.3, 0.4) is 0 Å². The number of aryl methyl sites for hydroxylation is 1. The Kier molecular flexibility index (Phi) is 3.81. The fourth-order valence-corrected chi connectivity index (χ4v) is 1.98. The molecule has 0 radical (unpaired) electrons. The molecule has 0 fully saturated rings. The van der Waals surface area contributed by atoms with E-state index in [0.717, 1.165) is 9.26 Å². The summed E-state index contributed by atoms with van der Waals surface area (Å²) < 4.78 is 0.882. The van der Waals surface area contributed by atoms with Crippen molar-refractivity contribution in [3.8, 4) is 5.75 Å². The van der Waals surface area contributed by atoms with Gasteiger partial charge in [0.1, 0.15) is 11.6 Å². The Bertz CT molecular complexity index is 599. The van der Waals surface area contributed by atoms with E-state index in [4.69, 9.17) is 0 Å². The Hall–Kier alpha value is -1.63. The number of hydrogen-bond donors (Lipinski definition) is 2. The summed E-state index contributed by atoms with van der Waals surface area (Å²) >= 11 is 2.09. The van der Waals surface area contributed by atoms with Crippen LogP contribution in [0.4, 0.5) is 5.82 Å². The van der Waals surface area contributed by atoms with Crippen LogP contribution in [0.1, 0.15) is 16.1 Å². The van der Waals surface area contributed by atoms with Crippen LogP contribution in [-0.4, -0.2) is 16.0 Å². The lowest BCUT2D eigenvalue weighted by Crippen LogP contribution is -2.13. The molecule has 2 aromatic rings. The average molecular weight is 354 g/mol. The van der Waals surface area contributed by atoms with Crippen molar-refractivity contribution in [1.29, 1.82) is 0 Å². The van der Waals surface area contributed by atoms with Crippen molar-refractivity contribution in [1.82, 2.24) is 4.98 Å². The normalized spacial score (nSPS) is 10.1. The van der Waals surface area contributed by atoms with Crippen LogP contribution < -0.4 is 5.32 Å². The first kappa shape index (κ1) is 12.8. The van der Waals surface area contributed by atoms with Crippen LogP contribution >= 0.6 is 22.6 Å². The van der Waals surface area contributed by atoms with Gasteiger partial charge >= 0.3 is 0 Å². The number of halogens is 1. The van der Waals surface area contributed by atoms with Crippen LogP contribution in [-0.2, 0) is 0 Å². The lowest BCUT2D eigenvalue weighted by molar-refractivity contribution is 0.102. The summed E-state index contributed by atoms with van der Waals surface area (Å²) in [6.07, 6.45) is 0. The number of nitrogens with zero attached hydrogens (tertiary/aromatic N) is 1. The van der Waals surface area contributed by atoms with E-state index < -0.39 is 0 Å². The molecule has 92 valence electrons. The highest BCUT2D eigenvalue weighted by Crippen LogP contribution is 2.20. The lowest BCUT2D eigenvalue weighted by Gasteiger charge is -2.07. The van der Waals surface area contributed by atoms with Gasteiger partial charge in [-0.3, -0.25) is 4.79 Å². The Labute approximate surface area is 118 Å². The van der Waals surface area contributed by atoms with Gasteiger partial charge in [0.05, 0.1) is 5.56 Å². The molecule has 1 aromatic carbocycles. The number of carbonyl (C=O) groups excluding carboxylic acids is 1. The second-order valence-corrected chi connectivity index (χ2v) is 5.03. The van der Waals surface area contributed by atoms with Gasteiger partial charge in [-0.05, 0) is 59.8 Å². The van der Waals surface area contributed by atoms with Crippen molar-refractivity contribution in [2.45, 2.75) is 6.92 Å². The van der Waals surface area contributed by atoms with Crippen LogP contribution in [0.15, 0.2) is 36.4 Å². The number of nitrogens with one attached hydrogen (secondary N) is 1. The zero-order valence-corrected chi connectivity index (χ0v) is 11.8. The number of anilines is 1. The molecular formula is C13H11IN2O2. The third-order valence-electron chi connectivity index (χ3n) is 2.33. The minimum absolute atomic E-state index is 0.0411. The Balaban J connectivity index is 2.24. The predicted octanol–water partition coefficient (Wildman–Crippen LogP) is 2.95. The zero-order chi connectivity index (χ0) is 13.1. The van der Waals surface area contributed by atoms with Crippen LogP contribution in [0.2, 0.25) is 0 Å². The summed E-state index contributed by atoms with van der Waals surface area (Å²) in [7, 11) is 0. The van der Waals surface area contributed by atoms with Crippen molar-refractivity contribution in [3.05, 3.63) is 51.2 Å². The molecule has 1 heterocycles. The number of carbonyl (C=O) groups is 1. The van der Waals surface area contributed by atoms with E-state index in [9.17, 15) is 9.90 Å². The molecule has 1 amide bonds. The number of phenols is 1. The number of hydrogen-bond acceptors (Lipinski definition) is 3. The van der Waals surface area contributed by atoms with E-state index in [2.05, 4.69) is 32.9 Å². The standard InChI is InChI=1S/C13H11IN2O2/c1-8-3-2-4-12(15-8)16-13(18)10-7-9(14)5-6-11(10)17/h2-7,17H,1H3,(H,15,16,18). The maximum absolute atomic E-state index is 12.0. The van der Waals surface area contributed by atoms with E-state index in [1.165, 1.54) is 6.07 Å². The van der Waals surface area contributed by atoms with Crippen LogP contribution in [0.5, 0.6) is 5.75 Å². The summed E-state index contributed by atoms with van der Waals surface area (Å²) in [6, 6.07) is 10.2. The first-order chi connectivity index (χ1) is 8.56. The van der Waals surface area contributed by atoms with E-state index in [0.29, 0.717) is 5.82 Å². The number of rotatable bonds is 2. The van der Waals surface area contributed by atoms with Gasteiger partial charge in [0.2, 0.25) is 0 Å². The van der Waals surface area contributed by atoms with Gasteiger partial charge in [0.25, 0.3) is 5.91 Å². The fourth-order valence-electron chi connectivity index (χ4n) is 1.49. The van der Waals surface area contributed by atoms with Crippen molar-refractivity contribution < 1.29 is 9.90 Å². The summed E-state index contributed by atoms with van der Waals surface area (Å²) in [5, 5.41) is 12.3. The summed E-state index contributed by atoms with van der Waals surface area (Å²) in [5.41, 5.74) is 1.06. The van der Waals surface area contributed by atoms with E-state index in [-0.39, 0.29) is 17.2 Å². The highest BCUT2D eigenvalue weighted by molar-refractivity contribution is 14.1. The SMILES string of the molecule is Cc1cccc(NC(=O)c2cc(I)ccc2O)n1. The predicted molar refractivity (Wildman–Crippen MR) is 77.8 cm³/mol. The lowest BCUT2D eigenvalue weighted by atomic mass is 10.2. The third-order valence-corrected chi connectivity index (χ3v) is 3.00. The summed E-state index contributed by atoms with van der Waals surface area (Å²) in [6.45, 7) is 1.85. The largest absolute Gasteiger partial charge is 0.507 e. The van der Waals surface area contributed by atoms with Gasteiger partial charge in [-0.15, -0.1) is 0 Å². The van der Waals surface area contributed by atoms with Gasteiger partial charge in [-0.25, -0.2) is 4.98 Å². The molecule has 4 nitrogen and oxygen atoms in total. The molecule has 0 aliphatic rings. The zero-order valence-electron chi connectivity index (χ0n) is 9.64. The van der Waals surface area contributed by atoms with E-state index in [1.807, 2.05) is 19.1 Å². The molecule has 0 bridgehead atoms. The van der Waals surface area contributed by atoms with Crippen molar-refractivity contribution in [2.24, 2.45) is 0 Å². The van der Waals surface area contributed by atoms with E-state index >= 15 is 0 Å². The molecule has 5 heteroatoms. The highest BCUT2D eigenvalue weighted by atomic mass is 127. The monoisotopic (exact) mass is 354 g/mol. The maximum Gasteiger partial charge on any atom is 0.260 e. The second kappa shape index (κ2) is 5.34. The van der Waals surface area contributed by atoms with Gasteiger partial charge in [-0.1, -0.05) is 6.07 Å². The van der Waals surface area contributed by atoms with Gasteiger partial charge < -0.3 is 10.4 Å². The van der Waals surface area contributed by atoms with Gasteiger partial charge in [0, 0.05) is 9.26 Å². The molecule has 0 aliphatic carbocycles. The smallest absolute Gasteiger partial charge is 0.260 e. The molecule has 2 rings (SSSR count). The van der Waals surface area contributed by atoms with Crippen LogP contribution in [0.25, 0.3) is 0 Å². The number of aromatic nitrogens is 1.